The van der Waals surface area contributed by atoms with Crippen LogP contribution in [0.4, 0.5) is 0 Å². The van der Waals surface area contributed by atoms with Crippen LogP contribution < -0.4 is 4.74 Å². The van der Waals surface area contributed by atoms with Crippen molar-refractivity contribution in [2.24, 2.45) is 0 Å². The summed E-state index contributed by atoms with van der Waals surface area (Å²) in [7, 11) is 0. The van der Waals surface area contributed by atoms with Gasteiger partial charge in [0, 0.05) is 24.1 Å². The summed E-state index contributed by atoms with van der Waals surface area (Å²) in [5.74, 6) is -0.147. The third-order valence-corrected chi connectivity index (χ3v) is 4.18. The smallest absolute Gasteiger partial charge is 0.308 e. The summed E-state index contributed by atoms with van der Waals surface area (Å²) in [5, 5.41) is 11.8. The number of hydrogen-bond donors (Lipinski definition) is 0. The Morgan fingerprint density at radius 1 is 1.04 bits per heavy atom. The van der Waals surface area contributed by atoms with Gasteiger partial charge >= 0.3 is 5.97 Å². The van der Waals surface area contributed by atoms with Crippen molar-refractivity contribution in [3.63, 3.8) is 0 Å². The molecule has 25 heavy (non-hydrogen) atoms. The number of nitriles is 1. The maximum Gasteiger partial charge on any atom is 0.308 e. The van der Waals surface area contributed by atoms with E-state index in [9.17, 15) is 10.1 Å². The lowest BCUT2D eigenvalue weighted by Crippen LogP contribution is -2.03. The van der Waals surface area contributed by atoms with Crippen LogP contribution in [-0.4, -0.2) is 10.4 Å². The van der Waals surface area contributed by atoms with Crippen LogP contribution in [0.3, 0.4) is 0 Å². The Bertz CT molecular complexity index is 1150. The van der Waals surface area contributed by atoms with E-state index in [-0.39, 0.29) is 0 Å². The number of carbonyl (C=O) groups is 1. The van der Waals surface area contributed by atoms with E-state index < -0.39 is 5.97 Å². The lowest BCUT2D eigenvalue weighted by molar-refractivity contribution is -0.131. The summed E-state index contributed by atoms with van der Waals surface area (Å²) in [6.07, 6.45) is 1.91. The highest BCUT2D eigenvalue weighted by Crippen LogP contribution is 2.40. The first-order valence-electron chi connectivity index (χ1n) is 7.90. The average molecular weight is 326 g/mol. The maximum atomic E-state index is 11.7. The molecule has 0 N–H and O–H groups in total. The molecule has 2 aromatic carbocycles. The number of fused-ring (bicyclic) bond motifs is 3. The third-order valence-electron chi connectivity index (χ3n) is 4.18. The van der Waals surface area contributed by atoms with E-state index in [0.29, 0.717) is 17.0 Å². The minimum Gasteiger partial charge on any atom is -0.423 e. The number of carbonyl (C=O) groups excluding carboxylic acids is 1. The van der Waals surface area contributed by atoms with Crippen molar-refractivity contribution >= 4 is 22.3 Å². The molecule has 0 bridgehead atoms. The summed E-state index contributed by atoms with van der Waals surface area (Å²) in [5.41, 5.74) is 2.69. The summed E-state index contributed by atoms with van der Waals surface area (Å²) in [4.78, 5) is 11.7. The molecule has 0 aliphatic carbocycles. The van der Waals surface area contributed by atoms with Gasteiger partial charge in [-0.25, -0.2) is 0 Å². The van der Waals surface area contributed by atoms with E-state index in [2.05, 4.69) is 6.07 Å². The van der Waals surface area contributed by atoms with E-state index in [1.807, 2.05) is 71.3 Å². The lowest BCUT2D eigenvalue weighted by Gasteiger charge is -2.07. The number of esters is 1. The maximum absolute atomic E-state index is 11.7. The number of rotatable bonds is 2. The van der Waals surface area contributed by atoms with Crippen LogP contribution in [0.5, 0.6) is 5.75 Å². The Hall–Kier alpha value is -3.58. The number of aromatic nitrogens is 1. The van der Waals surface area contributed by atoms with Gasteiger partial charge in [0.25, 0.3) is 0 Å². The van der Waals surface area contributed by atoms with Crippen LogP contribution in [-0.2, 0) is 4.79 Å². The van der Waals surface area contributed by atoms with Gasteiger partial charge in [-0.3, -0.25) is 4.79 Å². The van der Waals surface area contributed by atoms with Gasteiger partial charge in [-0.2, -0.15) is 5.26 Å². The minimum atomic E-state index is -0.450. The standard InChI is InChI=1S/C21H14N2O2/c1-14(24)25-21-18(13-22)20-17-10-6-5-7-15(17)11-12-23(20)19(21)16-8-3-2-4-9-16/h2-12H,1H3. The van der Waals surface area contributed by atoms with Crippen LogP contribution in [0.1, 0.15) is 12.5 Å². The largest absolute Gasteiger partial charge is 0.423 e. The number of hydrogen-bond acceptors (Lipinski definition) is 3. The van der Waals surface area contributed by atoms with Gasteiger partial charge in [0.05, 0.1) is 11.2 Å². The highest BCUT2D eigenvalue weighted by Gasteiger charge is 2.23. The highest BCUT2D eigenvalue weighted by molar-refractivity contribution is 6.02. The molecular weight excluding hydrogens is 312 g/mol. The fraction of sp³-hybridized carbons (Fsp3) is 0.0476. The molecule has 0 fully saturated rings. The summed E-state index contributed by atoms with van der Waals surface area (Å²) < 4.78 is 7.40. The monoisotopic (exact) mass is 326 g/mol. The van der Waals surface area contributed by atoms with Gasteiger partial charge < -0.3 is 9.14 Å². The molecule has 4 aromatic rings. The van der Waals surface area contributed by atoms with Gasteiger partial charge in [-0.15, -0.1) is 0 Å². The summed E-state index contributed by atoms with van der Waals surface area (Å²) in [6, 6.07) is 21.7. The van der Waals surface area contributed by atoms with Crippen LogP contribution >= 0.6 is 0 Å². The Morgan fingerprint density at radius 2 is 1.76 bits per heavy atom. The van der Waals surface area contributed by atoms with Crippen LogP contribution in [0, 0.1) is 11.3 Å². The van der Waals surface area contributed by atoms with Crippen molar-refractivity contribution < 1.29 is 9.53 Å². The van der Waals surface area contributed by atoms with E-state index >= 15 is 0 Å². The molecule has 0 spiro atoms. The molecule has 0 atom stereocenters. The Kier molecular flexibility index (Phi) is 3.48. The molecule has 4 heteroatoms. The summed E-state index contributed by atoms with van der Waals surface area (Å²) >= 11 is 0. The van der Waals surface area contributed by atoms with Crippen molar-refractivity contribution in [3.8, 4) is 23.1 Å². The van der Waals surface area contributed by atoms with Crippen LogP contribution in [0.2, 0.25) is 0 Å². The Balaban J connectivity index is 2.21. The number of ether oxygens (including phenoxy) is 1. The normalized spacial score (nSPS) is 10.7. The molecule has 2 aromatic heterocycles. The second-order valence-corrected chi connectivity index (χ2v) is 5.75. The first-order valence-corrected chi connectivity index (χ1v) is 7.90. The number of pyridine rings is 1. The molecule has 0 unspecified atom stereocenters. The molecular formula is C21H14N2O2. The molecule has 4 rings (SSSR count). The molecule has 4 nitrogen and oxygen atoms in total. The van der Waals surface area contributed by atoms with Crippen LogP contribution in [0.15, 0.2) is 66.9 Å². The first kappa shape index (κ1) is 15.0. The fourth-order valence-corrected chi connectivity index (χ4v) is 3.21. The van der Waals surface area contributed by atoms with Crippen molar-refractivity contribution in [2.75, 3.05) is 0 Å². The van der Waals surface area contributed by atoms with Gasteiger partial charge in [0.2, 0.25) is 0 Å². The van der Waals surface area contributed by atoms with E-state index in [0.717, 1.165) is 21.9 Å². The zero-order valence-corrected chi connectivity index (χ0v) is 13.6. The molecule has 0 saturated heterocycles. The van der Waals surface area contributed by atoms with Gasteiger partial charge in [0.1, 0.15) is 11.6 Å². The first-order chi connectivity index (χ1) is 12.2. The minimum absolute atomic E-state index is 0.303. The second kappa shape index (κ2) is 5.81. The fourth-order valence-electron chi connectivity index (χ4n) is 3.21. The third kappa shape index (κ3) is 2.34. The Labute approximate surface area is 144 Å². The van der Waals surface area contributed by atoms with Gasteiger partial charge in [-0.1, -0.05) is 54.6 Å². The van der Waals surface area contributed by atoms with Crippen molar-refractivity contribution in [2.45, 2.75) is 6.92 Å². The lowest BCUT2D eigenvalue weighted by atomic mass is 10.1. The molecule has 0 aliphatic heterocycles. The molecule has 0 saturated carbocycles. The van der Waals surface area contributed by atoms with Crippen molar-refractivity contribution in [1.82, 2.24) is 4.40 Å². The highest BCUT2D eigenvalue weighted by atomic mass is 16.5. The summed E-state index contributed by atoms with van der Waals surface area (Å²) in [6.45, 7) is 1.34. The average Bonchev–Trinajstić information content (AvgIpc) is 2.95. The Morgan fingerprint density at radius 3 is 2.48 bits per heavy atom. The topological polar surface area (TPSA) is 54.5 Å². The van der Waals surface area contributed by atoms with Crippen molar-refractivity contribution in [3.05, 3.63) is 72.4 Å². The van der Waals surface area contributed by atoms with Gasteiger partial charge in [-0.05, 0) is 11.5 Å². The van der Waals surface area contributed by atoms with Crippen molar-refractivity contribution in [1.29, 1.82) is 5.26 Å². The molecule has 2 heterocycles. The van der Waals surface area contributed by atoms with E-state index in [1.54, 1.807) is 0 Å². The SMILES string of the molecule is CC(=O)Oc1c(C#N)c2c3ccccc3ccn2c1-c1ccccc1. The number of nitrogens with zero attached hydrogens (tertiary/aromatic N) is 2. The molecule has 120 valence electrons. The second-order valence-electron chi connectivity index (χ2n) is 5.75. The number of benzene rings is 2. The zero-order chi connectivity index (χ0) is 17.4. The van der Waals surface area contributed by atoms with E-state index in [1.165, 1.54) is 6.92 Å². The molecule has 0 amide bonds. The molecule has 0 radical (unpaired) electrons. The molecule has 0 aliphatic rings. The van der Waals surface area contributed by atoms with Crippen LogP contribution in [0.25, 0.3) is 27.5 Å². The quantitative estimate of drug-likeness (QED) is 0.508. The zero-order valence-electron chi connectivity index (χ0n) is 13.6. The van der Waals surface area contributed by atoms with E-state index in [4.69, 9.17) is 4.74 Å². The predicted octanol–water partition coefficient (Wildman–Crippen LogP) is 4.56. The predicted molar refractivity (Wildman–Crippen MR) is 96.4 cm³/mol. The van der Waals surface area contributed by atoms with Gasteiger partial charge in [0.15, 0.2) is 5.75 Å².